The van der Waals surface area contributed by atoms with Crippen LogP contribution in [0, 0.1) is 6.92 Å². The van der Waals surface area contributed by atoms with Crippen molar-refractivity contribution in [3.05, 3.63) is 57.8 Å². The average Bonchev–Trinajstić information content (AvgIpc) is 3.07. The highest BCUT2D eigenvalue weighted by Crippen LogP contribution is 2.48. The third kappa shape index (κ3) is 3.09. The monoisotopic (exact) mass is 391 g/mol. The van der Waals surface area contributed by atoms with Gasteiger partial charge < -0.3 is 5.32 Å². The summed E-state index contributed by atoms with van der Waals surface area (Å²) in [6.07, 6.45) is -11.5. The molecule has 0 spiro atoms. The molecule has 0 radical (unpaired) electrons. The van der Waals surface area contributed by atoms with Crippen molar-refractivity contribution in [1.29, 1.82) is 0 Å². The maximum atomic E-state index is 13.5. The second kappa shape index (κ2) is 6.11. The number of benzene rings is 1. The van der Waals surface area contributed by atoms with Crippen molar-refractivity contribution in [3.8, 4) is 0 Å². The molecule has 3 rings (SSSR count). The van der Waals surface area contributed by atoms with Gasteiger partial charge in [-0.05, 0) is 18.4 Å². The predicted molar refractivity (Wildman–Crippen MR) is 86.5 cm³/mol. The van der Waals surface area contributed by atoms with Gasteiger partial charge in [0.2, 0.25) is 0 Å². The van der Waals surface area contributed by atoms with E-state index in [1.807, 2.05) is 0 Å². The van der Waals surface area contributed by atoms with E-state index in [-0.39, 0.29) is 10.4 Å². The number of rotatable bonds is 2. The number of nitrogens with one attached hydrogen (secondary N) is 1. The lowest BCUT2D eigenvalue weighted by Crippen LogP contribution is -2.58. The lowest BCUT2D eigenvalue weighted by Gasteiger charge is -2.34. The Hall–Kier alpha value is -2.36. The van der Waals surface area contributed by atoms with Crippen LogP contribution >= 0.6 is 11.3 Å². The van der Waals surface area contributed by atoms with Crippen molar-refractivity contribution in [2.24, 2.45) is 9.98 Å². The lowest BCUT2D eigenvalue weighted by atomic mass is 10.1. The Morgan fingerprint density at radius 1 is 0.885 bits per heavy atom. The van der Waals surface area contributed by atoms with Gasteiger partial charge in [0, 0.05) is 5.56 Å². The summed E-state index contributed by atoms with van der Waals surface area (Å²) in [5.74, 6) is -1.07. The van der Waals surface area contributed by atoms with E-state index in [1.54, 1.807) is 19.1 Å². The molecule has 0 saturated heterocycles. The van der Waals surface area contributed by atoms with E-state index in [0.717, 1.165) is 16.9 Å². The number of aliphatic imine (C=N–C) groups is 2. The maximum absolute atomic E-state index is 13.5. The summed E-state index contributed by atoms with van der Waals surface area (Å²) < 4.78 is 81.0. The third-order valence-corrected chi connectivity index (χ3v) is 4.53. The molecule has 3 nitrogen and oxygen atoms in total. The van der Waals surface area contributed by atoms with E-state index >= 15 is 0 Å². The zero-order chi connectivity index (χ0) is 19.2. The summed E-state index contributed by atoms with van der Waals surface area (Å²) in [7, 11) is 0. The van der Waals surface area contributed by atoms with Gasteiger partial charge in [-0.1, -0.05) is 35.9 Å². The second-order valence-corrected chi connectivity index (χ2v) is 6.50. The SMILES string of the molecule is Cc1ccc(C2=NC(C(F)(F)F)(C(F)(F)F)N=C(c3cccs3)N2)cc1. The number of alkyl halides is 6. The van der Waals surface area contributed by atoms with Crippen LogP contribution in [-0.4, -0.2) is 29.7 Å². The fourth-order valence-electron chi connectivity index (χ4n) is 2.31. The predicted octanol–water partition coefficient (Wildman–Crippen LogP) is 4.67. The fourth-order valence-corrected chi connectivity index (χ4v) is 2.98. The highest BCUT2D eigenvalue weighted by Gasteiger charge is 2.73. The van der Waals surface area contributed by atoms with Crippen LogP contribution in [0.3, 0.4) is 0 Å². The van der Waals surface area contributed by atoms with Crippen LogP contribution in [-0.2, 0) is 0 Å². The van der Waals surface area contributed by atoms with Gasteiger partial charge >= 0.3 is 18.0 Å². The van der Waals surface area contributed by atoms with E-state index in [0.29, 0.717) is 0 Å². The minimum atomic E-state index is -5.76. The molecule has 0 amide bonds. The molecule has 10 heteroatoms. The third-order valence-electron chi connectivity index (χ3n) is 3.65. The molecule has 1 N–H and O–H groups in total. The molecule has 2 heterocycles. The molecule has 2 aromatic rings. The molecule has 26 heavy (non-hydrogen) atoms. The van der Waals surface area contributed by atoms with Crippen molar-refractivity contribution in [3.63, 3.8) is 0 Å². The van der Waals surface area contributed by atoms with Crippen LogP contribution in [0.4, 0.5) is 26.3 Å². The van der Waals surface area contributed by atoms with Gasteiger partial charge in [0.15, 0.2) is 0 Å². The normalized spacial score (nSPS) is 17.3. The minimum absolute atomic E-state index is 0.0948. The Morgan fingerprint density at radius 2 is 1.46 bits per heavy atom. The van der Waals surface area contributed by atoms with E-state index in [9.17, 15) is 26.3 Å². The van der Waals surface area contributed by atoms with Gasteiger partial charge in [-0.2, -0.15) is 26.3 Å². The first kappa shape index (κ1) is 18.4. The zero-order valence-corrected chi connectivity index (χ0v) is 13.9. The van der Waals surface area contributed by atoms with Crippen LogP contribution in [0.5, 0.6) is 0 Å². The van der Waals surface area contributed by atoms with Gasteiger partial charge in [-0.15, -0.1) is 11.3 Å². The molecule has 0 bridgehead atoms. The van der Waals surface area contributed by atoms with Gasteiger partial charge in [0.05, 0.1) is 4.88 Å². The molecule has 138 valence electrons. The highest BCUT2D eigenvalue weighted by atomic mass is 32.1. The van der Waals surface area contributed by atoms with Gasteiger partial charge in [-0.3, -0.25) is 0 Å². The van der Waals surface area contributed by atoms with Crippen LogP contribution < -0.4 is 5.32 Å². The summed E-state index contributed by atoms with van der Waals surface area (Å²) in [5.41, 5.74) is -3.67. The quantitative estimate of drug-likeness (QED) is 0.742. The summed E-state index contributed by atoms with van der Waals surface area (Å²) in [6, 6.07) is 8.82. The summed E-state index contributed by atoms with van der Waals surface area (Å²) in [4.78, 5) is 6.10. The van der Waals surface area contributed by atoms with Crippen molar-refractivity contribution < 1.29 is 26.3 Å². The number of nitrogens with zero attached hydrogens (tertiary/aromatic N) is 2. The summed E-state index contributed by atoms with van der Waals surface area (Å²) in [5, 5.41) is 4.03. The molecular formula is C16H11F6N3S. The van der Waals surface area contributed by atoms with Crippen LogP contribution in [0.25, 0.3) is 0 Å². The smallest absolute Gasteiger partial charge is 0.324 e. The second-order valence-electron chi connectivity index (χ2n) is 5.56. The van der Waals surface area contributed by atoms with Gasteiger partial charge in [-0.25, -0.2) is 9.98 Å². The molecule has 0 atom stereocenters. The number of aryl methyl sites for hydroxylation is 1. The molecular weight excluding hydrogens is 380 g/mol. The average molecular weight is 391 g/mol. The first-order valence-corrected chi connectivity index (χ1v) is 8.12. The van der Waals surface area contributed by atoms with Crippen LogP contribution in [0.15, 0.2) is 51.8 Å². The van der Waals surface area contributed by atoms with Crippen molar-refractivity contribution in [1.82, 2.24) is 5.32 Å². The highest BCUT2D eigenvalue weighted by molar-refractivity contribution is 7.12. The summed E-state index contributed by atoms with van der Waals surface area (Å²) in [6.45, 7) is 1.74. The number of hydrogen-bond acceptors (Lipinski definition) is 4. The molecule has 1 aliphatic rings. The van der Waals surface area contributed by atoms with E-state index in [2.05, 4.69) is 15.3 Å². The Labute approximate surface area is 148 Å². The largest absolute Gasteiger partial charge is 0.443 e. The first-order chi connectivity index (χ1) is 12.0. The molecule has 1 aromatic heterocycles. The summed E-state index contributed by atoms with van der Waals surface area (Å²) >= 11 is 0.968. The number of thiophene rings is 1. The standard InChI is InChI=1S/C16H11F6N3S/c1-9-4-6-10(7-5-9)12-23-13(11-3-2-8-26-11)25-14(24-12,15(17,18)19)16(20,21)22/h2-8H,1H3,(H,23,24,25). The Morgan fingerprint density at radius 3 is 1.96 bits per heavy atom. The molecule has 0 saturated carbocycles. The first-order valence-electron chi connectivity index (χ1n) is 7.24. The number of halogens is 6. The lowest BCUT2D eigenvalue weighted by molar-refractivity contribution is -0.292. The van der Waals surface area contributed by atoms with Gasteiger partial charge in [0.1, 0.15) is 11.7 Å². The number of hydrogen-bond donors (Lipinski definition) is 1. The van der Waals surface area contributed by atoms with Crippen LogP contribution in [0.2, 0.25) is 0 Å². The number of amidine groups is 2. The molecule has 0 fully saturated rings. The fraction of sp³-hybridized carbons (Fsp3) is 0.250. The minimum Gasteiger partial charge on any atom is -0.324 e. The van der Waals surface area contributed by atoms with E-state index in [1.165, 1.54) is 29.6 Å². The van der Waals surface area contributed by atoms with Crippen molar-refractivity contribution >= 4 is 23.0 Å². The van der Waals surface area contributed by atoms with Crippen LogP contribution in [0.1, 0.15) is 16.0 Å². The maximum Gasteiger partial charge on any atom is 0.443 e. The molecule has 1 aromatic carbocycles. The zero-order valence-electron chi connectivity index (χ0n) is 13.1. The topological polar surface area (TPSA) is 36.8 Å². The molecule has 1 aliphatic heterocycles. The van der Waals surface area contributed by atoms with E-state index < -0.39 is 29.7 Å². The van der Waals surface area contributed by atoms with Crippen molar-refractivity contribution in [2.45, 2.75) is 24.9 Å². The van der Waals surface area contributed by atoms with Crippen molar-refractivity contribution in [2.75, 3.05) is 0 Å². The Bertz CT molecular complexity index is 834. The van der Waals surface area contributed by atoms with Gasteiger partial charge in [0.25, 0.3) is 0 Å². The Balaban J connectivity index is 2.23. The molecule has 0 unspecified atom stereocenters. The van der Waals surface area contributed by atoms with E-state index in [4.69, 9.17) is 0 Å². The molecule has 0 aliphatic carbocycles. The Kier molecular flexibility index (Phi) is 4.33.